The van der Waals surface area contributed by atoms with Gasteiger partial charge < -0.3 is 4.42 Å². The summed E-state index contributed by atoms with van der Waals surface area (Å²) in [5, 5.41) is 3.61. The highest BCUT2D eigenvalue weighted by Gasteiger charge is 2.05. The largest absolute Gasteiger partial charge is 0.456 e. The second kappa shape index (κ2) is 5.32. The lowest BCUT2D eigenvalue weighted by Crippen LogP contribution is -2.04. The van der Waals surface area contributed by atoms with Crippen LogP contribution in [0.2, 0.25) is 5.02 Å². The van der Waals surface area contributed by atoms with Crippen LogP contribution in [0, 0.1) is 0 Å². The maximum atomic E-state index is 5.96. The second-order valence-corrected chi connectivity index (χ2v) is 5.47. The zero-order valence-electron chi connectivity index (χ0n) is 11.7. The highest BCUT2D eigenvalue weighted by Crippen LogP contribution is 2.20. The molecule has 0 saturated heterocycles. The van der Waals surface area contributed by atoms with Gasteiger partial charge in [-0.3, -0.25) is 0 Å². The van der Waals surface area contributed by atoms with Crippen LogP contribution in [-0.4, -0.2) is 0 Å². The Morgan fingerprint density at radius 1 is 0.682 bits per heavy atom. The summed E-state index contributed by atoms with van der Waals surface area (Å²) in [6.45, 7) is 0. The van der Waals surface area contributed by atoms with Crippen molar-refractivity contribution in [2.75, 3.05) is 0 Å². The van der Waals surface area contributed by atoms with Gasteiger partial charge in [0.1, 0.15) is 11.2 Å². The van der Waals surface area contributed by atoms with E-state index in [4.69, 9.17) is 21.0 Å². The highest BCUT2D eigenvalue weighted by atomic mass is 35.5. The van der Waals surface area contributed by atoms with Crippen molar-refractivity contribution in [1.82, 2.24) is 0 Å². The van der Waals surface area contributed by atoms with Gasteiger partial charge in [0.05, 0.1) is 11.0 Å². The Morgan fingerprint density at radius 2 is 1.23 bits per heavy atom. The van der Waals surface area contributed by atoms with Crippen LogP contribution in [-0.2, 0) is 0 Å². The quantitative estimate of drug-likeness (QED) is 0.428. The van der Waals surface area contributed by atoms with Crippen LogP contribution in [0.1, 0.15) is 0 Å². The average Bonchev–Trinajstić information content (AvgIpc) is 2.56. The zero-order valence-corrected chi connectivity index (χ0v) is 12.4. The van der Waals surface area contributed by atoms with Crippen molar-refractivity contribution in [1.29, 1.82) is 0 Å². The summed E-state index contributed by atoms with van der Waals surface area (Å²) >= 11 is 5.95. The molecule has 4 aromatic rings. The fourth-order valence-electron chi connectivity index (χ4n) is 2.53. The lowest BCUT2D eigenvalue weighted by atomic mass is 10.1. The Bertz CT molecular complexity index is 975. The van der Waals surface area contributed by atoms with Gasteiger partial charge in [-0.05, 0) is 48.5 Å². The normalized spacial score (nSPS) is 11.0. The number of nitrogens with zero attached hydrogens (tertiary/aromatic N) is 1. The first kappa shape index (κ1) is 13.1. The van der Waals surface area contributed by atoms with Gasteiger partial charge in [-0.2, -0.15) is 0 Å². The Morgan fingerprint density at radius 3 is 1.82 bits per heavy atom. The molecule has 0 spiro atoms. The first-order valence-corrected chi connectivity index (χ1v) is 7.40. The molecule has 0 aliphatic rings. The molecular formula is C19H12ClNO. The standard InChI is InChI=1S/C19H12ClNO/c20-13-9-11-14(12-10-13)21-19-15-5-1-3-7-17(15)22-18-8-4-2-6-16(18)19/h1-12H. The molecule has 2 nitrogen and oxygen atoms in total. The maximum Gasteiger partial charge on any atom is 0.136 e. The van der Waals surface area contributed by atoms with Crippen LogP contribution in [0.4, 0.5) is 5.69 Å². The molecule has 0 fully saturated rings. The molecule has 0 saturated carbocycles. The van der Waals surface area contributed by atoms with Gasteiger partial charge in [0.2, 0.25) is 0 Å². The molecule has 0 amide bonds. The van der Waals surface area contributed by atoms with E-state index in [1.54, 1.807) is 0 Å². The van der Waals surface area contributed by atoms with Crippen LogP contribution in [0.15, 0.2) is 82.2 Å². The predicted octanol–water partition coefficient (Wildman–Crippen LogP) is 5.47. The number of halogens is 1. The minimum atomic E-state index is 0.705. The van der Waals surface area contributed by atoms with Crippen LogP contribution in [0.3, 0.4) is 0 Å². The van der Waals surface area contributed by atoms with Crippen molar-refractivity contribution >= 4 is 39.2 Å². The third kappa shape index (κ3) is 2.28. The molecule has 3 aromatic carbocycles. The molecule has 3 heteroatoms. The Balaban J connectivity index is 2.14. The van der Waals surface area contributed by atoms with E-state index in [1.165, 1.54) is 0 Å². The van der Waals surface area contributed by atoms with Crippen molar-refractivity contribution < 1.29 is 4.42 Å². The van der Waals surface area contributed by atoms with E-state index in [0.717, 1.165) is 33.0 Å². The van der Waals surface area contributed by atoms with Gasteiger partial charge >= 0.3 is 0 Å². The summed E-state index contributed by atoms with van der Waals surface area (Å²) in [5.74, 6) is 0. The van der Waals surface area contributed by atoms with Crippen LogP contribution < -0.4 is 5.36 Å². The molecule has 106 valence electrons. The van der Waals surface area contributed by atoms with E-state index < -0.39 is 0 Å². The van der Waals surface area contributed by atoms with Crippen molar-refractivity contribution in [2.45, 2.75) is 0 Å². The van der Waals surface area contributed by atoms with Crippen molar-refractivity contribution in [3.05, 3.63) is 83.2 Å². The minimum Gasteiger partial charge on any atom is -0.456 e. The Kier molecular flexibility index (Phi) is 3.17. The van der Waals surface area contributed by atoms with E-state index in [-0.39, 0.29) is 0 Å². The smallest absolute Gasteiger partial charge is 0.136 e. The molecule has 1 heterocycles. The third-order valence-corrected chi connectivity index (χ3v) is 3.82. The lowest BCUT2D eigenvalue weighted by molar-refractivity contribution is 0.659. The molecule has 0 bridgehead atoms. The average molecular weight is 306 g/mol. The van der Waals surface area contributed by atoms with E-state index >= 15 is 0 Å². The van der Waals surface area contributed by atoms with Gasteiger partial charge in [0.15, 0.2) is 0 Å². The van der Waals surface area contributed by atoms with Gasteiger partial charge in [-0.1, -0.05) is 35.9 Å². The molecule has 0 radical (unpaired) electrons. The summed E-state index contributed by atoms with van der Waals surface area (Å²) in [5.41, 5.74) is 2.52. The first-order chi connectivity index (χ1) is 10.8. The number of hydrogen-bond acceptors (Lipinski definition) is 2. The molecule has 0 atom stereocenters. The molecule has 22 heavy (non-hydrogen) atoms. The Hall–Kier alpha value is -2.58. The van der Waals surface area contributed by atoms with Crippen molar-refractivity contribution in [3.8, 4) is 0 Å². The predicted molar refractivity (Wildman–Crippen MR) is 90.4 cm³/mol. The van der Waals surface area contributed by atoms with Gasteiger partial charge in [-0.25, -0.2) is 4.99 Å². The zero-order chi connectivity index (χ0) is 14.9. The third-order valence-electron chi connectivity index (χ3n) is 3.57. The topological polar surface area (TPSA) is 25.5 Å². The molecule has 1 aromatic heterocycles. The summed E-state index contributed by atoms with van der Waals surface area (Å²) in [6.07, 6.45) is 0. The van der Waals surface area contributed by atoms with Gasteiger partial charge in [-0.15, -0.1) is 0 Å². The molecule has 0 unspecified atom stereocenters. The number of rotatable bonds is 1. The number of fused-ring (bicyclic) bond motifs is 2. The minimum absolute atomic E-state index is 0.705. The SMILES string of the molecule is Clc1ccc(N=c2c3ccccc3oc3ccccc23)cc1. The molecule has 4 rings (SSSR count). The van der Waals surface area contributed by atoms with Crippen molar-refractivity contribution in [3.63, 3.8) is 0 Å². The summed E-state index contributed by atoms with van der Waals surface area (Å²) in [7, 11) is 0. The number of hydrogen-bond donors (Lipinski definition) is 0. The molecular weight excluding hydrogens is 294 g/mol. The summed E-state index contributed by atoms with van der Waals surface area (Å²) in [6, 6.07) is 23.4. The van der Waals surface area contributed by atoms with Gasteiger partial charge in [0, 0.05) is 15.8 Å². The van der Waals surface area contributed by atoms with E-state index in [9.17, 15) is 0 Å². The van der Waals surface area contributed by atoms with Gasteiger partial charge in [0.25, 0.3) is 0 Å². The Labute approximate surface area is 132 Å². The monoisotopic (exact) mass is 305 g/mol. The fourth-order valence-corrected chi connectivity index (χ4v) is 2.66. The highest BCUT2D eigenvalue weighted by molar-refractivity contribution is 6.30. The van der Waals surface area contributed by atoms with E-state index in [0.29, 0.717) is 5.02 Å². The maximum absolute atomic E-state index is 5.96. The van der Waals surface area contributed by atoms with E-state index in [1.807, 2.05) is 72.8 Å². The molecule has 0 aliphatic heterocycles. The lowest BCUT2D eigenvalue weighted by Gasteiger charge is -2.04. The summed E-state index contributed by atoms with van der Waals surface area (Å²) in [4.78, 5) is 4.82. The van der Waals surface area contributed by atoms with Crippen molar-refractivity contribution in [2.24, 2.45) is 4.99 Å². The fraction of sp³-hybridized carbons (Fsp3) is 0. The van der Waals surface area contributed by atoms with Crippen LogP contribution >= 0.6 is 11.6 Å². The number of benzene rings is 3. The first-order valence-electron chi connectivity index (χ1n) is 7.02. The molecule has 0 N–H and O–H groups in total. The molecule has 0 aliphatic carbocycles. The second-order valence-electron chi connectivity index (χ2n) is 5.03. The van der Waals surface area contributed by atoms with Crippen LogP contribution in [0.5, 0.6) is 0 Å². The number of para-hydroxylation sites is 2. The van der Waals surface area contributed by atoms with E-state index in [2.05, 4.69) is 0 Å². The van der Waals surface area contributed by atoms with Crippen LogP contribution in [0.25, 0.3) is 21.9 Å². The summed E-state index contributed by atoms with van der Waals surface area (Å²) < 4.78 is 5.96.